The molecule has 2 rings (SSSR count). The molecule has 0 saturated heterocycles. The van der Waals surface area contributed by atoms with E-state index in [0.29, 0.717) is 11.8 Å². The topological polar surface area (TPSA) is 9.23 Å². The minimum absolute atomic E-state index is 0.172. The van der Waals surface area contributed by atoms with Crippen molar-refractivity contribution in [2.24, 2.45) is 11.8 Å². The van der Waals surface area contributed by atoms with Crippen LogP contribution in [0, 0.1) is 11.8 Å². The van der Waals surface area contributed by atoms with E-state index in [-0.39, 0.29) is 11.2 Å². The Morgan fingerprint density at radius 3 is 1.24 bits per heavy atom. The van der Waals surface area contributed by atoms with Gasteiger partial charge in [-0.3, -0.25) is 0 Å². The summed E-state index contributed by atoms with van der Waals surface area (Å²) in [7, 11) is 0. The Hall–Kier alpha value is -1.08. The van der Waals surface area contributed by atoms with E-state index in [1.807, 2.05) is 12.2 Å². The Morgan fingerprint density at radius 1 is 0.667 bits per heavy atom. The van der Waals surface area contributed by atoms with Gasteiger partial charge in [-0.15, -0.1) is 26.3 Å². The van der Waals surface area contributed by atoms with Crippen molar-refractivity contribution in [2.45, 2.75) is 62.6 Å². The van der Waals surface area contributed by atoms with Gasteiger partial charge in [0.15, 0.2) is 0 Å². The third-order valence-electron chi connectivity index (χ3n) is 5.57. The molecule has 0 heterocycles. The van der Waals surface area contributed by atoms with E-state index in [0.717, 1.165) is 51.4 Å². The van der Waals surface area contributed by atoms with Gasteiger partial charge in [0.25, 0.3) is 0 Å². The van der Waals surface area contributed by atoms with Crippen molar-refractivity contribution in [3.8, 4) is 0 Å². The van der Waals surface area contributed by atoms with Crippen molar-refractivity contribution in [3.63, 3.8) is 0 Å². The van der Waals surface area contributed by atoms with Gasteiger partial charge in [-0.25, -0.2) is 0 Å². The summed E-state index contributed by atoms with van der Waals surface area (Å²) in [4.78, 5) is 0. The zero-order chi connectivity index (χ0) is 15.3. The molecule has 116 valence electrons. The van der Waals surface area contributed by atoms with Crippen LogP contribution < -0.4 is 0 Å². The fraction of sp³-hybridized carbons (Fsp3) is 0.600. The first-order chi connectivity index (χ1) is 10.1. The Labute approximate surface area is 130 Å². The highest BCUT2D eigenvalue weighted by molar-refractivity contribution is 5.09. The van der Waals surface area contributed by atoms with Crippen molar-refractivity contribution >= 4 is 0 Å². The Kier molecular flexibility index (Phi) is 5.27. The predicted octanol–water partition coefficient (Wildman–Crippen LogP) is 5.61. The predicted molar refractivity (Wildman–Crippen MR) is 91.3 cm³/mol. The van der Waals surface area contributed by atoms with E-state index in [2.05, 4.69) is 38.5 Å². The first kappa shape index (κ1) is 16.3. The second kappa shape index (κ2) is 6.79. The number of allylic oxidation sites excluding steroid dienone is 2. The highest BCUT2D eigenvalue weighted by atomic mass is 16.5. The lowest BCUT2D eigenvalue weighted by atomic mass is 9.75. The van der Waals surface area contributed by atoms with Gasteiger partial charge in [-0.05, 0) is 63.2 Å². The third-order valence-corrected chi connectivity index (χ3v) is 5.57. The van der Waals surface area contributed by atoms with Crippen LogP contribution in [-0.2, 0) is 4.74 Å². The molecule has 21 heavy (non-hydrogen) atoms. The zero-order valence-corrected chi connectivity index (χ0v) is 13.4. The molecule has 2 fully saturated rings. The van der Waals surface area contributed by atoms with Crippen LogP contribution >= 0.6 is 0 Å². The highest BCUT2D eigenvalue weighted by Gasteiger charge is 2.42. The van der Waals surface area contributed by atoms with Gasteiger partial charge in [0.2, 0.25) is 0 Å². The first-order valence-electron chi connectivity index (χ1n) is 8.33. The van der Waals surface area contributed by atoms with Crippen LogP contribution in [0.4, 0.5) is 0 Å². The largest absolute Gasteiger partial charge is 0.360 e. The van der Waals surface area contributed by atoms with Crippen LogP contribution in [-0.4, -0.2) is 11.2 Å². The lowest BCUT2D eigenvalue weighted by Crippen LogP contribution is -2.46. The van der Waals surface area contributed by atoms with E-state index < -0.39 is 0 Å². The van der Waals surface area contributed by atoms with E-state index in [1.165, 1.54) is 0 Å². The first-order valence-corrected chi connectivity index (χ1v) is 8.33. The Morgan fingerprint density at radius 2 is 1.00 bits per heavy atom. The minimum atomic E-state index is -0.172. The summed E-state index contributed by atoms with van der Waals surface area (Å²) in [6.45, 7) is 16.0. The van der Waals surface area contributed by atoms with Gasteiger partial charge < -0.3 is 4.74 Å². The van der Waals surface area contributed by atoms with Crippen LogP contribution in [0.5, 0.6) is 0 Å². The van der Waals surface area contributed by atoms with Crippen LogP contribution in [0.2, 0.25) is 0 Å². The molecule has 1 heteroatoms. The molecule has 0 spiro atoms. The molecule has 0 aromatic carbocycles. The van der Waals surface area contributed by atoms with Crippen molar-refractivity contribution in [1.29, 1.82) is 0 Å². The maximum Gasteiger partial charge on any atom is 0.0872 e. The van der Waals surface area contributed by atoms with Gasteiger partial charge in [-0.2, -0.15) is 0 Å². The molecule has 1 nitrogen and oxygen atoms in total. The average Bonchev–Trinajstić information content (AvgIpc) is 2.56. The molecule has 0 aromatic heterocycles. The number of hydrogen-bond acceptors (Lipinski definition) is 1. The Balaban J connectivity index is 2.06. The smallest absolute Gasteiger partial charge is 0.0872 e. The summed E-state index contributed by atoms with van der Waals surface area (Å²) >= 11 is 0. The van der Waals surface area contributed by atoms with Crippen molar-refractivity contribution in [1.82, 2.24) is 0 Å². The average molecular weight is 286 g/mol. The summed E-state index contributed by atoms with van der Waals surface area (Å²) < 4.78 is 6.69. The third kappa shape index (κ3) is 3.58. The van der Waals surface area contributed by atoms with Crippen LogP contribution in [0.15, 0.2) is 50.6 Å². The molecule has 0 amide bonds. The maximum atomic E-state index is 6.69. The number of ether oxygens (including phenoxy) is 1. The second-order valence-corrected chi connectivity index (χ2v) is 6.79. The molecule has 0 bridgehead atoms. The van der Waals surface area contributed by atoms with Gasteiger partial charge in [0, 0.05) is 0 Å². The standard InChI is InChI=1S/C20H30O/c1-5-17-9-13-19(7-3,14-10-17)21-20(8-4)15-11-18(6-2)12-16-20/h5-8,17-18H,1-4,9-16H2. The fourth-order valence-electron chi connectivity index (χ4n) is 3.83. The van der Waals surface area contributed by atoms with E-state index in [4.69, 9.17) is 4.74 Å². The van der Waals surface area contributed by atoms with E-state index in [9.17, 15) is 0 Å². The van der Waals surface area contributed by atoms with Crippen LogP contribution in [0.25, 0.3) is 0 Å². The molecule has 0 atom stereocenters. The lowest BCUT2D eigenvalue weighted by molar-refractivity contribution is -0.141. The second-order valence-electron chi connectivity index (χ2n) is 6.79. The summed E-state index contributed by atoms with van der Waals surface area (Å²) in [5.41, 5.74) is -0.344. The molecule has 0 aliphatic heterocycles. The maximum absolute atomic E-state index is 6.69. The monoisotopic (exact) mass is 286 g/mol. The minimum Gasteiger partial charge on any atom is -0.360 e. The summed E-state index contributed by atoms with van der Waals surface area (Å²) in [5, 5.41) is 0. The molecule has 2 aliphatic carbocycles. The molecular weight excluding hydrogens is 256 g/mol. The van der Waals surface area contributed by atoms with Crippen molar-refractivity contribution < 1.29 is 4.74 Å². The highest BCUT2D eigenvalue weighted by Crippen LogP contribution is 2.44. The molecule has 2 saturated carbocycles. The molecule has 0 N–H and O–H groups in total. The fourth-order valence-corrected chi connectivity index (χ4v) is 3.83. The summed E-state index contributed by atoms with van der Waals surface area (Å²) in [5.74, 6) is 1.27. The summed E-state index contributed by atoms with van der Waals surface area (Å²) in [6, 6.07) is 0. The Bertz CT molecular complexity index is 352. The van der Waals surface area contributed by atoms with E-state index >= 15 is 0 Å². The van der Waals surface area contributed by atoms with Crippen LogP contribution in [0.1, 0.15) is 51.4 Å². The summed E-state index contributed by atoms with van der Waals surface area (Å²) in [6.07, 6.45) is 17.1. The van der Waals surface area contributed by atoms with Crippen LogP contribution in [0.3, 0.4) is 0 Å². The molecule has 2 aliphatic rings. The van der Waals surface area contributed by atoms with Gasteiger partial charge in [0.05, 0.1) is 11.2 Å². The number of hydrogen-bond donors (Lipinski definition) is 0. The quantitative estimate of drug-likeness (QED) is 0.577. The van der Waals surface area contributed by atoms with Gasteiger partial charge >= 0.3 is 0 Å². The van der Waals surface area contributed by atoms with Gasteiger partial charge in [-0.1, -0.05) is 24.3 Å². The molecular formula is C20H30O. The van der Waals surface area contributed by atoms with Gasteiger partial charge in [0.1, 0.15) is 0 Å². The molecule has 0 aromatic rings. The molecule has 0 radical (unpaired) electrons. The normalized spacial score (nSPS) is 40.2. The lowest BCUT2D eigenvalue weighted by Gasteiger charge is -2.47. The van der Waals surface area contributed by atoms with E-state index in [1.54, 1.807) is 0 Å². The number of rotatable bonds is 6. The zero-order valence-electron chi connectivity index (χ0n) is 13.4. The molecule has 0 unspecified atom stereocenters. The van der Waals surface area contributed by atoms with Crippen molar-refractivity contribution in [2.75, 3.05) is 0 Å². The SMILES string of the molecule is C=CC1CCC(C=C)(OC2(C=C)CCC(C=C)CC2)CC1. The van der Waals surface area contributed by atoms with Crippen molar-refractivity contribution in [3.05, 3.63) is 50.6 Å².